The second-order valence-electron chi connectivity index (χ2n) is 5.13. The molecule has 2 aromatic rings. The number of hydrogen-bond donors (Lipinski definition) is 3. The number of nitrogens with one attached hydrogen (secondary N) is 2. The standard InChI is InChI=1S/C15H18N4O2/c1-9-13(10(2)19(18-9)7-8-20)14-16-12-6-4-3-5-11(12)15(21)17-14/h3-6,14,16,20H,7-8H2,1-2H3,(H,17,21)/t14-/m0/s1. The van der Waals surface area contributed by atoms with E-state index in [0.717, 1.165) is 22.6 Å². The molecule has 0 bridgehead atoms. The van der Waals surface area contributed by atoms with E-state index in [1.807, 2.05) is 32.0 Å². The van der Waals surface area contributed by atoms with Crippen molar-refractivity contribution in [3.63, 3.8) is 0 Å². The number of nitrogens with zero attached hydrogens (tertiary/aromatic N) is 2. The van der Waals surface area contributed by atoms with Gasteiger partial charge in [-0.25, -0.2) is 0 Å². The molecule has 0 radical (unpaired) electrons. The molecule has 0 spiro atoms. The molecule has 0 aliphatic carbocycles. The molecular formula is C15H18N4O2. The van der Waals surface area contributed by atoms with E-state index in [-0.39, 0.29) is 18.7 Å². The average Bonchev–Trinajstić information content (AvgIpc) is 2.74. The highest BCUT2D eigenvalue weighted by molar-refractivity contribution is 6.01. The van der Waals surface area contributed by atoms with Gasteiger partial charge in [-0.3, -0.25) is 9.48 Å². The van der Waals surface area contributed by atoms with E-state index >= 15 is 0 Å². The number of benzene rings is 1. The van der Waals surface area contributed by atoms with Crippen LogP contribution in [0.3, 0.4) is 0 Å². The molecule has 3 N–H and O–H groups in total. The first-order valence-corrected chi connectivity index (χ1v) is 6.93. The quantitative estimate of drug-likeness (QED) is 0.795. The van der Waals surface area contributed by atoms with E-state index < -0.39 is 0 Å². The summed E-state index contributed by atoms with van der Waals surface area (Å²) in [6.07, 6.45) is -0.306. The molecule has 0 fully saturated rings. The third-order valence-corrected chi connectivity index (χ3v) is 3.78. The molecular weight excluding hydrogens is 268 g/mol. The first kappa shape index (κ1) is 13.6. The number of aliphatic hydroxyl groups is 1. The third kappa shape index (κ3) is 2.27. The predicted octanol–water partition coefficient (Wildman–Crippen LogP) is 1.35. The van der Waals surface area contributed by atoms with Crippen molar-refractivity contribution < 1.29 is 9.90 Å². The van der Waals surface area contributed by atoms with Gasteiger partial charge in [-0.05, 0) is 26.0 Å². The molecule has 110 valence electrons. The Bertz CT molecular complexity index is 693. The van der Waals surface area contributed by atoms with E-state index in [1.165, 1.54) is 0 Å². The molecule has 0 saturated heterocycles. The number of fused-ring (bicyclic) bond motifs is 1. The molecule has 1 aromatic carbocycles. The van der Waals surface area contributed by atoms with Gasteiger partial charge in [-0.2, -0.15) is 5.10 Å². The summed E-state index contributed by atoms with van der Waals surface area (Å²) < 4.78 is 1.76. The van der Waals surface area contributed by atoms with Gasteiger partial charge < -0.3 is 15.7 Å². The van der Waals surface area contributed by atoms with Gasteiger partial charge in [-0.15, -0.1) is 0 Å². The van der Waals surface area contributed by atoms with Crippen LogP contribution in [0.1, 0.15) is 33.5 Å². The molecule has 3 rings (SSSR count). The number of aryl methyl sites for hydroxylation is 1. The minimum Gasteiger partial charge on any atom is -0.394 e. The van der Waals surface area contributed by atoms with Crippen LogP contribution in [0.15, 0.2) is 24.3 Å². The van der Waals surface area contributed by atoms with Gasteiger partial charge in [0.1, 0.15) is 6.17 Å². The van der Waals surface area contributed by atoms with Crippen LogP contribution in [0, 0.1) is 13.8 Å². The van der Waals surface area contributed by atoms with Crippen molar-refractivity contribution >= 4 is 11.6 Å². The summed E-state index contributed by atoms with van der Waals surface area (Å²) in [6, 6.07) is 7.43. The van der Waals surface area contributed by atoms with Crippen LogP contribution in [0.4, 0.5) is 5.69 Å². The Morgan fingerprint density at radius 1 is 1.29 bits per heavy atom. The molecule has 6 heteroatoms. The van der Waals surface area contributed by atoms with Crippen molar-refractivity contribution in [3.05, 3.63) is 46.8 Å². The maximum absolute atomic E-state index is 12.2. The molecule has 1 aliphatic rings. The normalized spacial score (nSPS) is 17.1. The Hall–Kier alpha value is -2.34. The van der Waals surface area contributed by atoms with Gasteiger partial charge in [0.2, 0.25) is 0 Å². The first-order chi connectivity index (χ1) is 10.1. The number of anilines is 1. The number of hydrogen-bond acceptors (Lipinski definition) is 4. The summed E-state index contributed by atoms with van der Waals surface area (Å²) in [7, 11) is 0. The van der Waals surface area contributed by atoms with Gasteiger partial charge >= 0.3 is 0 Å². The van der Waals surface area contributed by atoms with E-state index in [9.17, 15) is 4.79 Å². The van der Waals surface area contributed by atoms with Crippen LogP contribution in [0.2, 0.25) is 0 Å². The third-order valence-electron chi connectivity index (χ3n) is 3.78. The van der Waals surface area contributed by atoms with Crippen molar-refractivity contribution in [2.75, 3.05) is 11.9 Å². The summed E-state index contributed by atoms with van der Waals surface area (Å²) in [5.74, 6) is -0.0944. The van der Waals surface area contributed by atoms with Gasteiger partial charge in [0, 0.05) is 16.9 Å². The fourth-order valence-corrected chi connectivity index (χ4v) is 2.79. The van der Waals surface area contributed by atoms with Crippen molar-refractivity contribution in [1.82, 2.24) is 15.1 Å². The molecule has 1 atom stereocenters. The summed E-state index contributed by atoms with van der Waals surface area (Å²) >= 11 is 0. The maximum Gasteiger partial charge on any atom is 0.255 e. The maximum atomic E-state index is 12.2. The largest absolute Gasteiger partial charge is 0.394 e. The zero-order chi connectivity index (χ0) is 15.0. The Balaban J connectivity index is 1.98. The highest BCUT2D eigenvalue weighted by atomic mass is 16.3. The number of aliphatic hydroxyl groups excluding tert-OH is 1. The molecule has 1 aliphatic heterocycles. The van der Waals surface area contributed by atoms with Gasteiger partial charge in [-0.1, -0.05) is 12.1 Å². The minimum atomic E-state index is -0.306. The number of amides is 1. The molecule has 21 heavy (non-hydrogen) atoms. The zero-order valence-corrected chi connectivity index (χ0v) is 12.1. The number of aromatic nitrogens is 2. The molecule has 1 amide bonds. The molecule has 0 saturated carbocycles. The van der Waals surface area contributed by atoms with Crippen LogP contribution in [0.5, 0.6) is 0 Å². The van der Waals surface area contributed by atoms with Gasteiger partial charge in [0.05, 0.1) is 24.4 Å². The Morgan fingerprint density at radius 3 is 2.81 bits per heavy atom. The predicted molar refractivity (Wildman–Crippen MR) is 79.1 cm³/mol. The fourth-order valence-electron chi connectivity index (χ4n) is 2.79. The van der Waals surface area contributed by atoms with Crippen molar-refractivity contribution in [1.29, 1.82) is 0 Å². The van der Waals surface area contributed by atoms with E-state index in [4.69, 9.17) is 5.11 Å². The minimum absolute atomic E-state index is 0.0364. The fraction of sp³-hybridized carbons (Fsp3) is 0.333. The van der Waals surface area contributed by atoms with Crippen molar-refractivity contribution in [2.45, 2.75) is 26.6 Å². The van der Waals surface area contributed by atoms with Gasteiger partial charge in [0.15, 0.2) is 0 Å². The SMILES string of the molecule is Cc1nn(CCO)c(C)c1[C@@H]1NC(=O)c2ccccc2N1. The lowest BCUT2D eigenvalue weighted by atomic mass is 10.0. The number of carbonyl (C=O) groups excluding carboxylic acids is 1. The number of carbonyl (C=O) groups is 1. The van der Waals surface area contributed by atoms with Crippen molar-refractivity contribution in [3.8, 4) is 0 Å². The zero-order valence-electron chi connectivity index (χ0n) is 12.1. The first-order valence-electron chi connectivity index (χ1n) is 6.93. The van der Waals surface area contributed by atoms with Crippen LogP contribution >= 0.6 is 0 Å². The summed E-state index contributed by atoms with van der Waals surface area (Å²) in [4.78, 5) is 12.2. The Kier molecular flexibility index (Phi) is 3.39. The smallest absolute Gasteiger partial charge is 0.255 e. The van der Waals surface area contributed by atoms with Crippen LogP contribution in [-0.4, -0.2) is 27.4 Å². The second-order valence-corrected chi connectivity index (χ2v) is 5.13. The van der Waals surface area contributed by atoms with E-state index in [2.05, 4.69) is 15.7 Å². The van der Waals surface area contributed by atoms with E-state index in [1.54, 1.807) is 10.7 Å². The summed E-state index contributed by atoms with van der Waals surface area (Å²) in [6.45, 7) is 4.34. The second kappa shape index (κ2) is 5.21. The molecule has 1 aromatic heterocycles. The topological polar surface area (TPSA) is 79.2 Å². The lowest BCUT2D eigenvalue weighted by Crippen LogP contribution is -2.39. The number of rotatable bonds is 3. The average molecular weight is 286 g/mol. The summed E-state index contributed by atoms with van der Waals surface area (Å²) in [5, 5.41) is 19.8. The molecule has 6 nitrogen and oxygen atoms in total. The molecule has 0 unspecified atom stereocenters. The molecule has 2 heterocycles. The Labute approximate surface area is 122 Å². The highest BCUT2D eigenvalue weighted by Crippen LogP contribution is 2.29. The monoisotopic (exact) mass is 286 g/mol. The van der Waals surface area contributed by atoms with Crippen molar-refractivity contribution in [2.24, 2.45) is 0 Å². The number of para-hydroxylation sites is 1. The van der Waals surface area contributed by atoms with Crippen LogP contribution < -0.4 is 10.6 Å². The van der Waals surface area contributed by atoms with Crippen LogP contribution in [-0.2, 0) is 6.54 Å². The van der Waals surface area contributed by atoms with Crippen LogP contribution in [0.25, 0.3) is 0 Å². The Morgan fingerprint density at radius 2 is 2.05 bits per heavy atom. The highest BCUT2D eigenvalue weighted by Gasteiger charge is 2.28. The lowest BCUT2D eigenvalue weighted by molar-refractivity contribution is 0.0935. The summed E-state index contributed by atoms with van der Waals surface area (Å²) in [5.41, 5.74) is 4.20. The lowest BCUT2D eigenvalue weighted by Gasteiger charge is -2.28. The van der Waals surface area contributed by atoms with E-state index in [0.29, 0.717) is 12.1 Å². The van der Waals surface area contributed by atoms with Gasteiger partial charge in [0.25, 0.3) is 5.91 Å².